The molecule has 1 N–H and O–H groups in total. The Labute approximate surface area is 200 Å². The number of hydrogen-bond donors (Lipinski definition) is 1. The number of pyridine rings is 1. The lowest BCUT2D eigenvalue weighted by atomic mass is 9.98. The molecule has 5 rings (SSSR count). The topological polar surface area (TPSA) is 63.2 Å². The Morgan fingerprint density at radius 3 is 2.53 bits per heavy atom. The van der Waals surface area contributed by atoms with Crippen molar-refractivity contribution >= 4 is 17.3 Å². The highest BCUT2D eigenvalue weighted by molar-refractivity contribution is 5.79. The molecule has 34 heavy (non-hydrogen) atoms. The zero-order valence-electron chi connectivity index (χ0n) is 19.7. The zero-order chi connectivity index (χ0) is 23.3. The first-order chi connectivity index (χ1) is 16.7. The second-order valence-corrected chi connectivity index (χ2v) is 8.43. The maximum absolute atomic E-state index is 5.45. The van der Waals surface area contributed by atoms with E-state index in [1.165, 1.54) is 16.8 Å². The van der Waals surface area contributed by atoms with Crippen molar-refractivity contribution in [2.24, 2.45) is 0 Å². The van der Waals surface area contributed by atoms with Crippen LogP contribution in [0.25, 0.3) is 22.5 Å². The normalized spacial score (nSPS) is 13.6. The minimum atomic E-state index is 0.559. The summed E-state index contributed by atoms with van der Waals surface area (Å²) in [7, 11) is 0. The molecular weight excluding hydrogens is 422 g/mol. The molecule has 1 aliphatic heterocycles. The molecule has 0 saturated carbocycles. The smallest absolute Gasteiger partial charge is 0.227 e. The lowest BCUT2D eigenvalue weighted by molar-refractivity contribution is 0.122. The molecule has 1 fully saturated rings. The van der Waals surface area contributed by atoms with E-state index in [0.717, 1.165) is 60.9 Å². The van der Waals surface area contributed by atoms with Gasteiger partial charge in [-0.2, -0.15) is 0 Å². The second kappa shape index (κ2) is 10.0. The number of ether oxygens (including phenoxy) is 1. The highest BCUT2D eigenvalue weighted by atomic mass is 16.5. The summed E-state index contributed by atoms with van der Waals surface area (Å²) in [6.45, 7) is 7.73. The Balaban J connectivity index is 1.39. The van der Waals surface area contributed by atoms with Crippen LogP contribution in [0.2, 0.25) is 0 Å². The summed E-state index contributed by atoms with van der Waals surface area (Å²) in [5.74, 6) is 0.559. The predicted octanol–water partition coefficient (Wildman–Crippen LogP) is 5.66. The molecule has 6 nitrogen and oxygen atoms in total. The van der Waals surface area contributed by atoms with Crippen molar-refractivity contribution in [3.63, 3.8) is 0 Å². The van der Waals surface area contributed by atoms with Crippen LogP contribution in [-0.4, -0.2) is 41.3 Å². The molecule has 0 unspecified atom stereocenters. The SMILES string of the molecule is CCc1ccc(-c2ncccc2-c2ccnc(Nc3ccc(N4CCOCC4)cc3)n2)cc1C. The van der Waals surface area contributed by atoms with E-state index in [-0.39, 0.29) is 0 Å². The van der Waals surface area contributed by atoms with Crippen molar-refractivity contribution < 1.29 is 4.74 Å². The van der Waals surface area contributed by atoms with E-state index in [9.17, 15) is 0 Å². The van der Waals surface area contributed by atoms with Gasteiger partial charge in [0, 0.05) is 48.0 Å². The lowest BCUT2D eigenvalue weighted by Gasteiger charge is -2.28. The first kappa shape index (κ1) is 22.0. The number of anilines is 3. The largest absolute Gasteiger partial charge is 0.378 e. The van der Waals surface area contributed by atoms with E-state index in [0.29, 0.717) is 5.95 Å². The van der Waals surface area contributed by atoms with Crippen molar-refractivity contribution in [3.05, 3.63) is 84.2 Å². The summed E-state index contributed by atoms with van der Waals surface area (Å²) in [6.07, 6.45) is 4.64. The van der Waals surface area contributed by atoms with Crippen LogP contribution < -0.4 is 10.2 Å². The fraction of sp³-hybridized carbons (Fsp3) is 0.250. The van der Waals surface area contributed by atoms with Crippen molar-refractivity contribution in [1.82, 2.24) is 15.0 Å². The Morgan fingerprint density at radius 2 is 1.76 bits per heavy atom. The van der Waals surface area contributed by atoms with Gasteiger partial charge in [-0.25, -0.2) is 9.97 Å². The number of hydrogen-bond acceptors (Lipinski definition) is 6. The Bertz CT molecular complexity index is 1270. The predicted molar refractivity (Wildman–Crippen MR) is 138 cm³/mol. The molecule has 0 spiro atoms. The van der Waals surface area contributed by atoms with Crippen LogP contribution in [-0.2, 0) is 11.2 Å². The van der Waals surface area contributed by atoms with Gasteiger partial charge in [-0.15, -0.1) is 0 Å². The van der Waals surface area contributed by atoms with Gasteiger partial charge in [0.05, 0.1) is 24.6 Å². The number of nitrogens with one attached hydrogen (secondary N) is 1. The fourth-order valence-electron chi connectivity index (χ4n) is 4.36. The van der Waals surface area contributed by atoms with Crippen LogP contribution in [0.3, 0.4) is 0 Å². The quantitative estimate of drug-likeness (QED) is 0.408. The minimum absolute atomic E-state index is 0.559. The average Bonchev–Trinajstić information content (AvgIpc) is 2.90. The molecule has 3 heterocycles. The van der Waals surface area contributed by atoms with E-state index in [1.807, 2.05) is 18.3 Å². The molecule has 1 saturated heterocycles. The van der Waals surface area contributed by atoms with E-state index in [2.05, 4.69) is 77.6 Å². The molecule has 172 valence electrons. The van der Waals surface area contributed by atoms with Crippen LogP contribution in [0.5, 0.6) is 0 Å². The first-order valence-electron chi connectivity index (χ1n) is 11.8. The molecule has 0 aliphatic carbocycles. The maximum atomic E-state index is 5.45. The zero-order valence-corrected chi connectivity index (χ0v) is 19.7. The molecule has 6 heteroatoms. The van der Waals surface area contributed by atoms with Gasteiger partial charge in [-0.05, 0) is 73.0 Å². The van der Waals surface area contributed by atoms with Gasteiger partial charge >= 0.3 is 0 Å². The standard InChI is InChI=1S/C28H29N5O/c1-3-21-6-7-22(19-20(21)2)27-25(5-4-13-29-27)26-12-14-30-28(32-26)31-23-8-10-24(11-9-23)33-15-17-34-18-16-33/h4-14,19H,3,15-18H2,1-2H3,(H,30,31,32). The molecule has 1 aliphatic rings. The monoisotopic (exact) mass is 451 g/mol. The highest BCUT2D eigenvalue weighted by Gasteiger charge is 2.13. The van der Waals surface area contributed by atoms with Crippen molar-refractivity contribution in [3.8, 4) is 22.5 Å². The molecular formula is C28H29N5O. The van der Waals surface area contributed by atoms with Crippen LogP contribution in [0.15, 0.2) is 73.1 Å². The minimum Gasteiger partial charge on any atom is -0.378 e. The molecule has 0 amide bonds. The number of nitrogens with zero attached hydrogens (tertiary/aromatic N) is 4. The average molecular weight is 452 g/mol. The van der Waals surface area contributed by atoms with E-state index < -0.39 is 0 Å². The van der Waals surface area contributed by atoms with Crippen LogP contribution in [0, 0.1) is 6.92 Å². The fourth-order valence-corrected chi connectivity index (χ4v) is 4.36. The lowest BCUT2D eigenvalue weighted by Crippen LogP contribution is -2.36. The summed E-state index contributed by atoms with van der Waals surface area (Å²) in [5, 5.41) is 3.34. The molecule has 4 aromatic rings. The van der Waals surface area contributed by atoms with Crippen LogP contribution in [0.1, 0.15) is 18.1 Å². The summed E-state index contributed by atoms with van der Waals surface area (Å²) < 4.78 is 5.45. The summed E-state index contributed by atoms with van der Waals surface area (Å²) >= 11 is 0. The second-order valence-electron chi connectivity index (χ2n) is 8.43. The maximum Gasteiger partial charge on any atom is 0.227 e. The Morgan fingerprint density at radius 1 is 0.941 bits per heavy atom. The van der Waals surface area contributed by atoms with Gasteiger partial charge in [0.1, 0.15) is 0 Å². The molecule has 0 bridgehead atoms. The van der Waals surface area contributed by atoms with Gasteiger partial charge in [-0.1, -0.05) is 19.1 Å². The third kappa shape index (κ3) is 4.77. The summed E-state index contributed by atoms with van der Waals surface area (Å²) in [4.78, 5) is 16.3. The summed E-state index contributed by atoms with van der Waals surface area (Å²) in [5.41, 5.74) is 8.63. The van der Waals surface area contributed by atoms with E-state index in [1.54, 1.807) is 6.20 Å². The molecule has 0 atom stereocenters. The van der Waals surface area contributed by atoms with Crippen molar-refractivity contribution in [2.75, 3.05) is 36.5 Å². The first-order valence-corrected chi connectivity index (χ1v) is 11.8. The van der Waals surface area contributed by atoms with E-state index in [4.69, 9.17) is 14.7 Å². The third-order valence-corrected chi connectivity index (χ3v) is 6.24. The van der Waals surface area contributed by atoms with Gasteiger partial charge in [-0.3, -0.25) is 4.98 Å². The number of benzene rings is 2. The Kier molecular flexibility index (Phi) is 6.49. The molecule has 0 radical (unpaired) electrons. The van der Waals surface area contributed by atoms with Gasteiger partial charge < -0.3 is 15.0 Å². The molecule has 2 aromatic carbocycles. The van der Waals surface area contributed by atoms with Gasteiger partial charge in [0.15, 0.2) is 0 Å². The van der Waals surface area contributed by atoms with E-state index >= 15 is 0 Å². The van der Waals surface area contributed by atoms with Crippen LogP contribution >= 0.6 is 0 Å². The number of morpholine rings is 1. The highest BCUT2D eigenvalue weighted by Crippen LogP contribution is 2.31. The van der Waals surface area contributed by atoms with Gasteiger partial charge in [0.25, 0.3) is 0 Å². The number of rotatable bonds is 6. The molecule has 2 aromatic heterocycles. The summed E-state index contributed by atoms with van der Waals surface area (Å²) in [6, 6.07) is 20.9. The van der Waals surface area contributed by atoms with Crippen molar-refractivity contribution in [1.29, 1.82) is 0 Å². The van der Waals surface area contributed by atoms with Crippen LogP contribution in [0.4, 0.5) is 17.3 Å². The third-order valence-electron chi connectivity index (χ3n) is 6.24. The van der Waals surface area contributed by atoms with Gasteiger partial charge in [0.2, 0.25) is 5.95 Å². The number of aryl methyl sites for hydroxylation is 2. The van der Waals surface area contributed by atoms with Crippen molar-refractivity contribution in [2.45, 2.75) is 20.3 Å². The number of aromatic nitrogens is 3. The Hall–Kier alpha value is -3.77.